The molecule has 0 unspecified atom stereocenters. The van der Waals surface area contributed by atoms with Crippen molar-refractivity contribution in [1.82, 2.24) is 19.5 Å². The summed E-state index contributed by atoms with van der Waals surface area (Å²) in [6, 6.07) is 4.15. The number of nitrogens with zero attached hydrogens (tertiary/aromatic N) is 4. The molecule has 0 aliphatic carbocycles. The van der Waals surface area contributed by atoms with Crippen molar-refractivity contribution in [3.05, 3.63) is 23.7 Å². The number of morpholine rings is 1. The summed E-state index contributed by atoms with van der Waals surface area (Å²) >= 11 is 3.30. The lowest BCUT2D eigenvalue weighted by atomic mass is 10.4. The van der Waals surface area contributed by atoms with E-state index in [0.717, 1.165) is 55.2 Å². The van der Waals surface area contributed by atoms with Crippen molar-refractivity contribution in [2.75, 3.05) is 44.7 Å². The summed E-state index contributed by atoms with van der Waals surface area (Å²) in [5, 5.41) is 11.0. The Bertz CT molecular complexity index is 730. The van der Waals surface area contributed by atoms with Gasteiger partial charge in [-0.3, -0.25) is 4.90 Å². The first-order valence-corrected chi connectivity index (χ1v) is 9.02. The summed E-state index contributed by atoms with van der Waals surface area (Å²) < 4.78 is 7.28. The second-order valence-electron chi connectivity index (χ2n) is 5.10. The van der Waals surface area contributed by atoms with Crippen LogP contribution in [0.5, 0.6) is 0 Å². The minimum Gasteiger partial charge on any atom is -0.379 e. The van der Waals surface area contributed by atoms with Gasteiger partial charge >= 0.3 is 0 Å². The average Bonchev–Trinajstić information content (AvgIpc) is 3.24. The SMILES string of the molecule is c1csc(-c2cnc3sc(NCCN4CCOCC4)nn23)c1. The van der Waals surface area contributed by atoms with Gasteiger partial charge in [-0.05, 0) is 11.4 Å². The van der Waals surface area contributed by atoms with Gasteiger partial charge in [-0.15, -0.1) is 16.4 Å². The van der Waals surface area contributed by atoms with E-state index in [2.05, 4.69) is 31.7 Å². The molecule has 1 aliphatic rings. The Morgan fingerprint density at radius 1 is 1.32 bits per heavy atom. The van der Waals surface area contributed by atoms with E-state index in [4.69, 9.17) is 4.74 Å². The van der Waals surface area contributed by atoms with Crippen molar-refractivity contribution < 1.29 is 4.74 Å². The van der Waals surface area contributed by atoms with E-state index in [1.807, 2.05) is 16.8 Å². The fourth-order valence-corrected chi connectivity index (χ4v) is 4.02. The third-order valence-corrected chi connectivity index (χ3v) is 5.44. The van der Waals surface area contributed by atoms with Gasteiger partial charge in [-0.1, -0.05) is 17.4 Å². The van der Waals surface area contributed by atoms with E-state index in [-0.39, 0.29) is 0 Å². The molecule has 4 rings (SSSR count). The lowest BCUT2D eigenvalue weighted by Gasteiger charge is -2.26. The second-order valence-corrected chi connectivity index (χ2v) is 7.01. The van der Waals surface area contributed by atoms with Crippen LogP contribution >= 0.6 is 22.7 Å². The monoisotopic (exact) mass is 335 g/mol. The van der Waals surface area contributed by atoms with Crippen molar-refractivity contribution in [3.8, 4) is 10.6 Å². The van der Waals surface area contributed by atoms with Crippen molar-refractivity contribution in [3.63, 3.8) is 0 Å². The Labute approximate surface area is 136 Å². The van der Waals surface area contributed by atoms with Crippen molar-refractivity contribution >= 4 is 32.8 Å². The van der Waals surface area contributed by atoms with Crippen LogP contribution < -0.4 is 5.32 Å². The molecule has 0 bridgehead atoms. The van der Waals surface area contributed by atoms with Crippen LogP contribution in [0.15, 0.2) is 23.7 Å². The number of rotatable bonds is 5. The van der Waals surface area contributed by atoms with Gasteiger partial charge in [0.2, 0.25) is 10.1 Å². The number of hydrogen-bond donors (Lipinski definition) is 1. The second kappa shape index (κ2) is 6.33. The predicted molar refractivity (Wildman–Crippen MR) is 89.9 cm³/mol. The molecule has 0 radical (unpaired) electrons. The number of aromatic nitrogens is 3. The van der Waals surface area contributed by atoms with Gasteiger partial charge in [0.05, 0.1) is 24.3 Å². The van der Waals surface area contributed by atoms with Gasteiger partial charge in [-0.25, -0.2) is 9.50 Å². The maximum Gasteiger partial charge on any atom is 0.214 e. The lowest BCUT2D eigenvalue weighted by molar-refractivity contribution is 0.0398. The van der Waals surface area contributed by atoms with Gasteiger partial charge < -0.3 is 10.1 Å². The number of anilines is 1. The van der Waals surface area contributed by atoms with Crippen LogP contribution in [0.1, 0.15) is 0 Å². The maximum atomic E-state index is 5.36. The minimum absolute atomic E-state index is 0.843. The fraction of sp³-hybridized carbons (Fsp3) is 0.429. The van der Waals surface area contributed by atoms with Gasteiger partial charge in [-0.2, -0.15) is 0 Å². The first-order chi connectivity index (χ1) is 10.9. The van der Waals surface area contributed by atoms with E-state index < -0.39 is 0 Å². The number of nitrogens with one attached hydrogen (secondary N) is 1. The zero-order valence-corrected chi connectivity index (χ0v) is 13.7. The Balaban J connectivity index is 1.42. The number of hydrogen-bond acceptors (Lipinski definition) is 7. The summed E-state index contributed by atoms with van der Waals surface area (Å²) in [5.41, 5.74) is 1.06. The zero-order chi connectivity index (χ0) is 14.8. The molecular weight excluding hydrogens is 318 g/mol. The van der Waals surface area contributed by atoms with Crippen LogP contribution in [0.25, 0.3) is 15.5 Å². The number of fused-ring (bicyclic) bond motifs is 1. The van der Waals surface area contributed by atoms with Crippen molar-refractivity contribution in [1.29, 1.82) is 0 Å². The highest BCUT2D eigenvalue weighted by Crippen LogP contribution is 2.28. The zero-order valence-electron chi connectivity index (χ0n) is 12.1. The molecule has 0 amide bonds. The molecule has 8 heteroatoms. The molecular formula is C14H17N5OS2. The van der Waals surface area contributed by atoms with Crippen LogP contribution in [0.4, 0.5) is 5.13 Å². The minimum atomic E-state index is 0.843. The molecule has 1 fully saturated rings. The van der Waals surface area contributed by atoms with E-state index >= 15 is 0 Å². The standard InChI is InChI=1S/C14H17N5OS2/c1-2-12(21-9-1)11-10-16-14-19(11)17-13(22-14)15-3-4-18-5-7-20-8-6-18/h1-2,9-10H,3-8H2,(H,15,17). The summed E-state index contributed by atoms with van der Waals surface area (Å²) in [6.45, 7) is 5.63. The highest BCUT2D eigenvalue weighted by atomic mass is 32.1. The predicted octanol–water partition coefficient (Wildman–Crippen LogP) is 2.26. The first-order valence-electron chi connectivity index (χ1n) is 7.32. The van der Waals surface area contributed by atoms with Crippen molar-refractivity contribution in [2.45, 2.75) is 0 Å². The topological polar surface area (TPSA) is 54.7 Å². The maximum absolute atomic E-state index is 5.36. The molecule has 0 aromatic carbocycles. The molecule has 3 aromatic heterocycles. The van der Waals surface area contributed by atoms with Gasteiger partial charge in [0.1, 0.15) is 5.69 Å². The molecule has 1 aliphatic heterocycles. The summed E-state index contributed by atoms with van der Waals surface area (Å²) in [6.07, 6.45) is 1.89. The quantitative estimate of drug-likeness (QED) is 0.775. The summed E-state index contributed by atoms with van der Waals surface area (Å²) in [4.78, 5) is 8.98. The van der Waals surface area contributed by atoms with Crippen LogP contribution in [0, 0.1) is 0 Å². The van der Waals surface area contributed by atoms with Crippen LogP contribution in [-0.2, 0) is 4.74 Å². The highest BCUT2D eigenvalue weighted by molar-refractivity contribution is 7.20. The number of imidazole rings is 1. The third-order valence-electron chi connectivity index (χ3n) is 3.67. The van der Waals surface area contributed by atoms with E-state index in [0.29, 0.717) is 0 Å². The van der Waals surface area contributed by atoms with Crippen LogP contribution in [0.2, 0.25) is 0 Å². The molecule has 1 saturated heterocycles. The first kappa shape index (κ1) is 14.1. The fourth-order valence-electron chi connectivity index (χ4n) is 2.50. The molecule has 6 nitrogen and oxygen atoms in total. The van der Waals surface area contributed by atoms with E-state index in [1.165, 1.54) is 4.88 Å². The molecule has 0 atom stereocenters. The molecule has 0 spiro atoms. The molecule has 1 N–H and O–H groups in total. The van der Waals surface area contributed by atoms with E-state index in [1.54, 1.807) is 22.7 Å². The number of thiophene rings is 1. The number of ether oxygens (including phenoxy) is 1. The highest BCUT2D eigenvalue weighted by Gasteiger charge is 2.13. The summed E-state index contributed by atoms with van der Waals surface area (Å²) in [5.74, 6) is 0. The lowest BCUT2D eigenvalue weighted by Crippen LogP contribution is -2.39. The van der Waals surface area contributed by atoms with Gasteiger partial charge in [0.25, 0.3) is 0 Å². The molecule has 3 aromatic rings. The van der Waals surface area contributed by atoms with Gasteiger partial charge in [0, 0.05) is 26.2 Å². The van der Waals surface area contributed by atoms with Crippen molar-refractivity contribution in [2.24, 2.45) is 0 Å². The molecule has 22 heavy (non-hydrogen) atoms. The van der Waals surface area contributed by atoms with E-state index in [9.17, 15) is 0 Å². The Hall–Kier alpha value is -1.48. The third kappa shape index (κ3) is 2.87. The smallest absolute Gasteiger partial charge is 0.214 e. The van der Waals surface area contributed by atoms with Gasteiger partial charge in [0.15, 0.2) is 0 Å². The molecule has 0 saturated carbocycles. The van der Waals surface area contributed by atoms with Crippen LogP contribution in [-0.4, -0.2) is 58.9 Å². The largest absolute Gasteiger partial charge is 0.379 e. The normalized spacial score (nSPS) is 16.4. The Kier molecular flexibility index (Phi) is 4.07. The van der Waals surface area contributed by atoms with Crippen LogP contribution in [0.3, 0.4) is 0 Å². The molecule has 116 valence electrons. The molecule has 4 heterocycles. The Morgan fingerprint density at radius 3 is 3.05 bits per heavy atom. The summed E-state index contributed by atoms with van der Waals surface area (Å²) in [7, 11) is 0. The Morgan fingerprint density at radius 2 is 2.23 bits per heavy atom. The average molecular weight is 335 g/mol.